The molecule has 148 valence electrons. The molecule has 7 rings (SSSR count). The van der Waals surface area contributed by atoms with Crippen molar-refractivity contribution in [2.24, 2.45) is 23.2 Å². The molecule has 4 bridgehead atoms. The van der Waals surface area contributed by atoms with Crippen LogP contribution < -0.4 is 10.1 Å². The third-order valence-corrected chi connectivity index (χ3v) is 8.17. The second-order valence-corrected chi connectivity index (χ2v) is 10.3. The normalized spacial score (nSPS) is 35.3. The van der Waals surface area contributed by atoms with Crippen LogP contribution in [0.3, 0.4) is 0 Å². The van der Waals surface area contributed by atoms with Gasteiger partial charge in [-0.25, -0.2) is 0 Å². The zero-order chi connectivity index (χ0) is 18.9. The number of carbonyl (C=O) groups is 1. The minimum Gasteiger partial charge on any atom is -0.497 e. The van der Waals surface area contributed by atoms with Gasteiger partial charge in [0.1, 0.15) is 5.75 Å². The summed E-state index contributed by atoms with van der Waals surface area (Å²) in [6, 6.07) is 6.44. The van der Waals surface area contributed by atoms with E-state index >= 15 is 0 Å². The lowest BCUT2D eigenvalue weighted by atomic mass is 9.49. The first-order valence-corrected chi connectivity index (χ1v) is 11.1. The summed E-state index contributed by atoms with van der Waals surface area (Å²) < 4.78 is 5.39. The van der Waals surface area contributed by atoms with Gasteiger partial charge in [0.15, 0.2) is 0 Å². The van der Waals surface area contributed by atoms with Gasteiger partial charge in [-0.15, -0.1) is 0 Å². The van der Waals surface area contributed by atoms with Crippen LogP contribution in [0.1, 0.15) is 56.2 Å². The average Bonchev–Trinajstić information content (AvgIpc) is 3.16. The van der Waals surface area contributed by atoms with E-state index in [1.54, 1.807) is 7.11 Å². The van der Waals surface area contributed by atoms with Crippen molar-refractivity contribution in [2.75, 3.05) is 7.11 Å². The van der Waals surface area contributed by atoms with E-state index in [0.29, 0.717) is 11.3 Å². The molecule has 1 aromatic heterocycles. The highest BCUT2D eigenvalue weighted by Gasteiger charge is 2.51. The number of fused-ring (bicyclic) bond motifs is 3. The second-order valence-electron chi connectivity index (χ2n) is 10.3. The molecular formula is C24H30N2O2. The first-order chi connectivity index (χ1) is 13.6. The molecule has 4 nitrogen and oxygen atoms in total. The Hall–Kier alpha value is -1.97. The van der Waals surface area contributed by atoms with E-state index in [4.69, 9.17) is 4.74 Å². The molecule has 2 aromatic rings. The number of hydrogen-bond donors (Lipinski definition) is 2. The van der Waals surface area contributed by atoms with E-state index in [-0.39, 0.29) is 6.04 Å². The molecule has 4 saturated carbocycles. The van der Waals surface area contributed by atoms with Crippen LogP contribution >= 0.6 is 0 Å². The van der Waals surface area contributed by atoms with Crippen LogP contribution in [-0.4, -0.2) is 24.0 Å². The predicted octanol–water partition coefficient (Wildman–Crippen LogP) is 4.37. The Balaban J connectivity index is 1.14. The number of aromatic amines is 1. The maximum Gasteiger partial charge on any atom is 0.220 e. The molecule has 5 aliphatic rings. The van der Waals surface area contributed by atoms with Gasteiger partial charge in [0.2, 0.25) is 5.91 Å². The molecule has 0 aliphatic heterocycles. The number of carbonyl (C=O) groups excluding carboxylic acids is 1. The van der Waals surface area contributed by atoms with Crippen molar-refractivity contribution in [3.8, 4) is 5.75 Å². The molecule has 28 heavy (non-hydrogen) atoms. The van der Waals surface area contributed by atoms with E-state index in [9.17, 15) is 4.79 Å². The highest BCUT2D eigenvalue weighted by molar-refractivity contribution is 5.87. The number of aromatic nitrogens is 1. The molecule has 4 heteroatoms. The maximum atomic E-state index is 13.0. The summed E-state index contributed by atoms with van der Waals surface area (Å²) in [6.07, 6.45) is 10.8. The molecule has 2 N–H and O–H groups in total. The van der Waals surface area contributed by atoms with Gasteiger partial charge < -0.3 is 15.0 Å². The van der Waals surface area contributed by atoms with Gasteiger partial charge in [-0.2, -0.15) is 0 Å². The fraction of sp³-hybridized carbons (Fsp3) is 0.625. The smallest absolute Gasteiger partial charge is 0.220 e. The summed E-state index contributed by atoms with van der Waals surface area (Å²) in [7, 11) is 1.71. The lowest BCUT2D eigenvalue weighted by Crippen LogP contribution is -2.48. The van der Waals surface area contributed by atoms with E-state index in [2.05, 4.69) is 22.4 Å². The highest BCUT2D eigenvalue weighted by Crippen LogP contribution is 2.61. The summed E-state index contributed by atoms with van der Waals surface area (Å²) in [5.41, 5.74) is 4.13. The minimum atomic E-state index is 0.235. The van der Waals surface area contributed by atoms with Gasteiger partial charge in [-0.1, -0.05) is 0 Å². The topological polar surface area (TPSA) is 54.1 Å². The highest BCUT2D eigenvalue weighted by atomic mass is 16.5. The quantitative estimate of drug-likeness (QED) is 0.830. The number of hydrogen-bond acceptors (Lipinski definition) is 2. The largest absolute Gasteiger partial charge is 0.497 e. The molecule has 4 fully saturated rings. The summed E-state index contributed by atoms with van der Waals surface area (Å²) in [5, 5.41) is 4.63. The van der Waals surface area contributed by atoms with E-state index < -0.39 is 0 Å². The number of methoxy groups -OCH3 is 1. The fourth-order valence-electron chi connectivity index (χ4n) is 7.61. The Morgan fingerprint density at radius 1 is 1.14 bits per heavy atom. The lowest BCUT2D eigenvalue weighted by Gasteiger charge is -2.56. The monoisotopic (exact) mass is 378 g/mol. The number of ether oxygens (including phenoxy) is 1. The first kappa shape index (κ1) is 16.9. The Kier molecular flexibility index (Phi) is 3.64. The number of benzene rings is 1. The van der Waals surface area contributed by atoms with Crippen molar-refractivity contribution in [1.29, 1.82) is 0 Å². The minimum absolute atomic E-state index is 0.235. The van der Waals surface area contributed by atoms with Crippen LogP contribution in [0.4, 0.5) is 0 Å². The van der Waals surface area contributed by atoms with Gasteiger partial charge in [-0.3, -0.25) is 4.79 Å². The SMILES string of the molecule is COc1ccc2[nH]c3c(c2c1)CC(NC(=O)CC12CC4CC(CC(C4)C1)C2)C3. The predicted molar refractivity (Wildman–Crippen MR) is 109 cm³/mol. The zero-order valence-corrected chi connectivity index (χ0v) is 16.7. The number of nitrogens with one attached hydrogen (secondary N) is 2. The molecule has 1 heterocycles. The third-order valence-electron chi connectivity index (χ3n) is 8.17. The molecule has 1 aromatic carbocycles. The van der Waals surface area contributed by atoms with Crippen molar-refractivity contribution < 1.29 is 9.53 Å². The van der Waals surface area contributed by atoms with Crippen LogP contribution in [-0.2, 0) is 17.6 Å². The van der Waals surface area contributed by atoms with Crippen molar-refractivity contribution in [3.63, 3.8) is 0 Å². The van der Waals surface area contributed by atoms with Crippen LogP contribution in [0, 0.1) is 23.2 Å². The van der Waals surface area contributed by atoms with Gasteiger partial charge in [0.25, 0.3) is 0 Å². The van der Waals surface area contributed by atoms with Crippen molar-refractivity contribution in [2.45, 2.75) is 63.8 Å². The lowest BCUT2D eigenvalue weighted by molar-refractivity contribution is -0.130. The van der Waals surface area contributed by atoms with Crippen LogP contribution in [0.5, 0.6) is 5.75 Å². The van der Waals surface area contributed by atoms with E-state index in [0.717, 1.165) is 42.8 Å². The van der Waals surface area contributed by atoms with Gasteiger partial charge in [-0.05, 0) is 91.9 Å². The van der Waals surface area contributed by atoms with Crippen molar-refractivity contribution in [1.82, 2.24) is 10.3 Å². The standard InChI is InChI=1S/C24H30N2O2/c1-28-18-2-3-21-20(9-18)19-7-17(8-22(19)26-21)25-23(27)13-24-10-14-4-15(11-24)6-16(5-14)12-24/h2-3,9,14-17,26H,4-8,10-13H2,1H3,(H,25,27). The Morgan fingerprint density at radius 2 is 1.86 bits per heavy atom. The number of H-pyrrole nitrogens is 1. The molecule has 0 spiro atoms. The average molecular weight is 379 g/mol. The summed E-state index contributed by atoms with van der Waals surface area (Å²) in [4.78, 5) is 16.5. The molecule has 1 unspecified atom stereocenters. The second kappa shape index (κ2) is 6.01. The molecule has 0 radical (unpaired) electrons. The van der Waals surface area contributed by atoms with Gasteiger partial charge in [0, 0.05) is 35.5 Å². The summed E-state index contributed by atoms with van der Waals surface area (Å²) >= 11 is 0. The summed E-state index contributed by atoms with van der Waals surface area (Å²) in [6.45, 7) is 0. The third kappa shape index (κ3) is 2.67. The maximum absolute atomic E-state index is 13.0. The van der Waals surface area contributed by atoms with Crippen LogP contribution in [0.25, 0.3) is 10.9 Å². The Morgan fingerprint density at radius 3 is 2.54 bits per heavy atom. The van der Waals surface area contributed by atoms with E-state index in [1.807, 2.05) is 6.07 Å². The van der Waals surface area contributed by atoms with Gasteiger partial charge in [0.05, 0.1) is 7.11 Å². The fourth-order valence-corrected chi connectivity index (χ4v) is 7.61. The molecular weight excluding hydrogens is 348 g/mol. The molecule has 1 atom stereocenters. The molecule has 0 saturated heterocycles. The van der Waals surface area contributed by atoms with Gasteiger partial charge >= 0.3 is 0 Å². The van der Waals surface area contributed by atoms with Crippen LogP contribution in [0.15, 0.2) is 18.2 Å². The van der Waals surface area contributed by atoms with Crippen molar-refractivity contribution in [3.05, 3.63) is 29.5 Å². The molecule has 5 aliphatic carbocycles. The van der Waals surface area contributed by atoms with Crippen LogP contribution in [0.2, 0.25) is 0 Å². The Bertz CT molecular complexity index is 908. The Labute approximate surface area is 166 Å². The first-order valence-electron chi connectivity index (χ1n) is 11.1. The number of rotatable bonds is 4. The van der Waals surface area contributed by atoms with Crippen molar-refractivity contribution >= 4 is 16.8 Å². The zero-order valence-electron chi connectivity index (χ0n) is 16.7. The number of amides is 1. The van der Waals surface area contributed by atoms with E-state index in [1.165, 1.54) is 60.7 Å². The molecule has 1 amide bonds. The summed E-state index contributed by atoms with van der Waals surface area (Å²) in [5.74, 6) is 3.91.